The number of aryl methyl sites for hydroxylation is 2. The average molecular weight is 220 g/mol. The van der Waals surface area contributed by atoms with Gasteiger partial charge in [0.2, 0.25) is 0 Å². The second-order valence-corrected chi connectivity index (χ2v) is 3.93. The number of hydrogen-bond acceptors (Lipinski definition) is 3. The molecule has 0 aromatic carbocycles. The van der Waals surface area contributed by atoms with Crippen LogP contribution in [-0.4, -0.2) is 19.7 Å². The molecule has 2 aromatic rings. The molecule has 0 amide bonds. The van der Waals surface area contributed by atoms with Crippen molar-refractivity contribution in [2.45, 2.75) is 13.8 Å². The maximum absolute atomic E-state index is 5.18. The van der Waals surface area contributed by atoms with Gasteiger partial charge in [0.05, 0.1) is 11.8 Å². The summed E-state index contributed by atoms with van der Waals surface area (Å²) in [5.74, 6) is 0.774. The Bertz CT molecular complexity index is 553. The zero-order valence-electron chi connectivity index (χ0n) is 8.90. The van der Waals surface area contributed by atoms with Crippen LogP contribution in [0.2, 0.25) is 0 Å². The maximum Gasteiger partial charge on any atom is 0.142 e. The van der Waals surface area contributed by atoms with Crippen LogP contribution < -0.4 is 0 Å². The summed E-state index contributed by atoms with van der Waals surface area (Å²) in [4.78, 5) is 7.54. The molecule has 15 heavy (non-hydrogen) atoms. The first-order chi connectivity index (χ1) is 7.08. The molecule has 0 bridgehead atoms. The predicted octanol–water partition coefficient (Wildman–Crippen LogP) is 2.16. The molecule has 0 aliphatic heterocycles. The van der Waals surface area contributed by atoms with E-state index >= 15 is 0 Å². The molecule has 0 aliphatic rings. The van der Waals surface area contributed by atoms with Crippen molar-refractivity contribution >= 4 is 12.2 Å². The highest BCUT2D eigenvalue weighted by molar-refractivity contribution is 7.71. The standard InChI is InChI=1S/C10H12N4S/c1-6-7(2)12-9(13-10(6)15)8-4-11-14(3)5-8/h4-5H,1-3H3,(H,12,13,15). The van der Waals surface area contributed by atoms with E-state index in [2.05, 4.69) is 15.1 Å². The highest BCUT2D eigenvalue weighted by Crippen LogP contribution is 2.15. The molecule has 2 rings (SSSR count). The first-order valence-corrected chi connectivity index (χ1v) is 5.05. The lowest BCUT2D eigenvalue weighted by Gasteiger charge is -2.03. The zero-order chi connectivity index (χ0) is 11.0. The van der Waals surface area contributed by atoms with Crippen LogP contribution >= 0.6 is 12.2 Å². The van der Waals surface area contributed by atoms with Gasteiger partial charge in [-0.2, -0.15) is 5.10 Å². The Kier molecular flexibility index (Phi) is 2.40. The largest absolute Gasteiger partial charge is 0.343 e. The molecule has 0 saturated carbocycles. The van der Waals surface area contributed by atoms with Gasteiger partial charge in [-0.3, -0.25) is 4.68 Å². The van der Waals surface area contributed by atoms with Crippen LogP contribution in [0.1, 0.15) is 11.3 Å². The van der Waals surface area contributed by atoms with Gasteiger partial charge in [-0.25, -0.2) is 4.98 Å². The second kappa shape index (κ2) is 3.58. The van der Waals surface area contributed by atoms with Gasteiger partial charge in [-0.1, -0.05) is 12.2 Å². The number of nitrogens with one attached hydrogen (secondary N) is 1. The number of nitrogens with zero attached hydrogens (tertiary/aromatic N) is 3. The van der Waals surface area contributed by atoms with Gasteiger partial charge < -0.3 is 4.98 Å². The monoisotopic (exact) mass is 220 g/mol. The van der Waals surface area contributed by atoms with Crippen molar-refractivity contribution in [3.8, 4) is 11.4 Å². The summed E-state index contributed by atoms with van der Waals surface area (Å²) in [6, 6.07) is 0. The van der Waals surface area contributed by atoms with E-state index in [1.54, 1.807) is 10.9 Å². The van der Waals surface area contributed by atoms with E-state index in [-0.39, 0.29) is 0 Å². The number of aromatic nitrogens is 4. The molecule has 0 aliphatic carbocycles. The average Bonchev–Trinajstić information content (AvgIpc) is 2.60. The summed E-state index contributed by atoms with van der Waals surface area (Å²) < 4.78 is 2.38. The van der Waals surface area contributed by atoms with Crippen LogP contribution in [0.15, 0.2) is 12.4 Å². The van der Waals surface area contributed by atoms with E-state index in [1.807, 2.05) is 27.1 Å². The lowest BCUT2D eigenvalue weighted by molar-refractivity contribution is 0.768. The van der Waals surface area contributed by atoms with Crippen molar-refractivity contribution in [2.24, 2.45) is 7.05 Å². The normalized spacial score (nSPS) is 10.6. The number of hydrogen-bond donors (Lipinski definition) is 1. The number of H-pyrrole nitrogens is 1. The van der Waals surface area contributed by atoms with Gasteiger partial charge in [0.1, 0.15) is 10.5 Å². The minimum absolute atomic E-state index is 0.644. The summed E-state index contributed by atoms with van der Waals surface area (Å²) in [7, 11) is 1.87. The highest BCUT2D eigenvalue weighted by Gasteiger charge is 2.05. The third-order valence-corrected chi connectivity index (χ3v) is 2.78. The molecule has 4 nitrogen and oxygen atoms in total. The van der Waals surface area contributed by atoms with Crippen LogP contribution in [-0.2, 0) is 7.05 Å². The number of rotatable bonds is 1. The smallest absolute Gasteiger partial charge is 0.142 e. The molecular weight excluding hydrogens is 208 g/mol. The fourth-order valence-corrected chi connectivity index (χ4v) is 1.57. The van der Waals surface area contributed by atoms with E-state index in [1.165, 1.54) is 0 Å². The summed E-state index contributed by atoms with van der Waals surface area (Å²) in [6.45, 7) is 3.96. The van der Waals surface area contributed by atoms with Gasteiger partial charge in [0, 0.05) is 24.5 Å². The molecule has 0 spiro atoms. The molecule has 0 unspecified atom stereocenters. The van der Waals surface area contributed by atoms with Crippen molar-refractivity contribution in [3.05, 3.63) is 28.3 Å². The molecule has 0 fully saturated rings. The molecule has 0 saturated heterocycles. The highest BCUT2D eigenvalue weighted by atomic mass is 32.1. The van der Waals surface area contributed by atoms with E-state index in [0.29, 0.717) is 4.64 Å². The summed E-state index contributed by atoms with van der Waals surface area (Å²) in [6.07, 6.45) is 3.67. The summed E-state index contributed by atoms with van der Waals surface area (Å²) in [5.41, 5.74) is 3.03. The minimum Gasteiger partial charge on any atom is -0.343 e. The van der Waals surface area contributed by atoms with Crippen molar-refractivity contribution in [1.82, 2.24) is 19.7 Å². The molecule has 0 radical (unpaired) electrons. The Morgan fingerprint density at radius 2 is 2.13 bits per heavy atom. The predicted molar refractivity (Wildman–Crippen MR) is 61.1 cm³/mol. The third kappa shape index (κ3) is 1.83. The van der Waals surface area contributed by atoms with E-state index in [9.17, 15) is 0 Å². The molecule has 78 valence electrons. The fraction of sp³-hybridized carbons (Fsp3) is 0.300. The minimum atomic E-state index is 0.644. The van der Waals surface area contributed by atoms with Crippen LogP contribution in [0.4, 0.5) is 0 Å². The van der Waals surface area contributed by atoms with Crippen molar-refractivity contribution < 1.29 is 0 Å². The Hall–Kier alpha value is -1.49. The first kappa shape index (κ1) is 10.0. The zero-order valence-corrected chi connectivity index (χ0v) is 9.72. The van der Waals surface area contributed by atoms with Crippen LogP contribution in [0, 0.1) is 18.5 Å². The Labute approximate surface area is 93.0 Å². The van der Waals surface area contributed by atoms with Gasteiger partial charge >= 0.3 is 0 Å². The molecule has 1 N–H and O–H groups in total. The summed E-state index contributed by atoms with van der Waals surface area (Å²) >= 11 is 5.18. The SMILES string of the molecule is Cc1[nH]c(-c2cnn(C)c2)nc(=S)c1C. The Balaban J connectivity index is 2.60. The summed E-state index contributed by atoms with van der Waals surface area (Å²) in [5, 5.41) is 4.10. The Morgan fingerprint density at radius 3 is 2.67 bits per heavy atom. The van der Waals surface area contributed by atoms with E-state index < -0.39 is 0 Å². The second-order valence-electron chi connectivity index (χ2n) is 3.54. The topological polar surface area (TPSA) is 46.5 Å². The molecule has 5 heteroatoms. The molecule has 2 heterocycles. The third-order valence-electron chi connectivity index (χ3n) is 2.38. The Morgan fingerprint density at radius 1 is 1.40 bits per heavy atom. The van der Waals surface area contributed by atoms with Crippen LogP contribution in [0.5, 0.6) is 0 Å². The van der Waals surface area contributed by atoms with Crippen molar-refractivity contribution in [1.29, 1.82) is 0 Å². The van der Waals surface area contributed by atoms with E-state index in [0.717, 1.165) is 22.6 Å². The first-order valence-electron chi connectivity index (χ1n) is 4.64. The maximum atomic E-state index is 5.18. The van der Waals surface area contributed by atoms with Gasteiger partial charge in [-0.15, -0.1) is 0 Å². The van der Waals surface area contributed by atoms with E-state index in [4.69, 9.17) is 12.2 Å². The van der Waals surface area contributed by atoms with Gasteiger partial charge in [-0.05, 0) is 13.8 Å². The lowest BCUT2D eigenvalue weighted by Crippen LogP contribution is -1.95. The van der Waals surface area contributed by atoms with Gasteiger partial charge in [0.25, 0.3) is 0 Å². The fourth-order valence-electron chi connectivity index (χ4n) is 1.33. The molecule has 0 atom stereocenters. The molecule has 2 aromatic heterocycles. The quantitative estimate of drug-likeness (QED) is 0.749. The van der Waals surface area contributed by atoms with Crippen molar-refractivity contribution in [3.63, 3.8) is 0 Å². The lowest BCUT2D eigenvalue weighted by atomic mass is 10.2. The van der Waals surface area contributed by atoms with Crippen molar-refractivity contribution in [2.75, 3.05) is 0 Å². The van der Waals surface area contributed by atoms with Crippen LogP contribution in [0.3, 0.4) is 0 Å². The molecular formula is C10H12N4S. The van der Waals surface area contributed by atoms with Crippen LogP contribution in [0.25, 0.3) is 11.4 Å². The number of aromatic amines is 1. The van der Waals surface area contributed by atoms with Gasteiger partial charge in [0.15, 0.2) is 0 Å².